The summed E-state index contributed by atoms with van der Waals surface area (Å²) in [5, 5.41) is 0. The maximum absolute atomic E-state index is 11.7. The van der Waals surface area contributed by atoms with E-state index in [0.29, 0.717) is 5.69 Å². The summed E-state index contributed by atoms with van der Waals surface area (Å²) in [6, 6.07) is 3.09. The van der Waals surface area contributed by atoms with E-state index < -0.39 is 6.61 Å². The lowest BCUT2D eigenvalue weighted by Crippen LogP contribution is -2.06. The van der Waals surface area contributed by atoms with Crippen LogP contribution in [-0.2, 0) is 0 Å². The number of nitrogen functional groups attached to an aromatic ring is 1. The summed E-state index contributed by atoms with van der Waals surface area (Å²) >= 11 is 0. The van der Waals surface area contributed by atoms with Crippen LogP contribution in [0.25, 0.3) is 0 Å². The van der Waals surface area contributed by atoms with Crippen LogP contribution >= 0.6 is 0 Å². The van der Waals surface area contributed by atoms with Gasteiger partial charge < -0.3 is 10.5 Å². The number of alkyl halides is 2. The molecule has 0 amide bonds. The van der Waals surface area contributed by atoms with Gasteiger partial charge in [-0.2, -0.15) is 8.78 Å². The fourth-order valence-electron chi connectivity index (χ4n) is 0.722. The molecule has 0 unspecified atom stereocenters. The second kappa shape index (κ2) is 3.34. The van der Waals surface area contributed by atoms with E-state index in [1.54, 1.807) is 13.0 Å². The minimum atomic E-state index is -2.89. The molecule has 0 aromatic carbocycles. The van der Waals surface area contributed by atoms with E-state index in [-0.39, 0.29) is 11.6 Å². The van der Waals surface area contributed by atoms with E-state index in [9.17, 15) is 8.78 Å². The maximum Gasteiger partial charge on any atom is 0.388 e. The number of nitrogens with zero attached hydrogens (tertiary/aromatic N) is 1. The van der Waals surface area contributed by atoms with Crippen molar-refractivity contribution in [3.05, 3.63) is 17.8 Å². The second-order valence-electron chi connectivity index (χ2n) is 2.23. The molecule has 0 saturated carbocycles. The third kappa shape index (κ3) is 2.05. The van der Waals surface area contributed by atoms with Gasteiger partial charge in [-0.3, -0.25) is 0 Å². The normalized spacial score (nSPS) is 10.3. The van der Waals surface area contributed by atoms with Gasteiger partial charge in [-0.25, -0.2) is 4.98 Å². The van der Waals surface area contributed by atoms with E-state index in [0.717, 1.165) is 0 Å². The Kier molecular flexibility index (Phi) is 2.42. The highest BCUT2D eigenvalue weighted by Crippen LogP contribution is 2.19. The van der Waals surface area contributed by atoms with Gasteiger partial charge in [-0.1, -0.05) is 0 Å². The molecule has 1 heterocycles. The summed E-state index contributed by atoms with van der Waals surface area (Å²) in [6.45, 7) is -1.22. The van der Waals surface area contributed by atoms with Gasteiger partial charge in [0.05, 0.1) is 5.69 Å². The first-order chi connectivity index (χ1) is 5.59. The lowest BCUT2D eigenvalue weighted by Gasteiger charge is -2.06. The van der Waals surface area contributed by atoms with Gasteiger partial charge in [-0.15, -0.1) is 0 Å². The van der Waals surface area contributed by atoms with Gasteiger partial charge in [0.15, 0.2) is 0 Å². The van der Waals surface area contributed by atoms with Gasteiger partial charge in [0, 0.05) is 5.69 Å². The van der Waals surface area contributed by atoms with Gasteiger partial charge >= 0.3 is 6.61 Å². The molecule has 0 bridgehead atoms. The zero-order valence-corrected chi connectivity index (χ0v) is 6.42. The van der Waals surface area contributed by atoms with Crippen molar-refractivity contribution in [3.63, 3.8) is 0 Å². The molecule has 0 aliphatic rings. The Labute approximate surface area is 68.2 Å². The average Bonchev–Trinajstić information content (AvgIpc) is 1.96. The van der Waals surface area contributed by atoms with Crippen molar-refractivity contribution >= 4 is 5.69 Å². The van der Waals surface area contributed by atoms with Crippen LogP contribution in [0.15, 0.2) is 12.1 Å². The Hall–Kier alpha value is -1.39. The Bertz CT molecular complexity index is 278. The molecule has 0 fully saturated rings. The molecule has 0 spiro atoms. The van der Waals surface area contributed by atoms with E-state index >= 15 is 0 Å². The van der Waals surface area contributed by atoms with Crippen LogP contribution in [0.4, 0.5) is 14.5 Å². The quantitative estimate of drug-likeness (QED) is 0.740. The number of rotatable bonds is 2. The Balaban J connectivity index is 2.90. The molecule has 0 aliphatic carbocycles. The van der Waals surface area contributed by atoms with Crippen LogP contribution in [-0.4, -0.2) is 11.6 Å². The molecule has 0 atom stereocenters. The van der Waals surface area contributed by atoms with Crippen molar-refractivity contribution in [1.82, 2.24) is 4.98 Å². The van der Waals surface area contributed by atoms with E-state index in [1.807, 2.05) is 0 Å². The van der Waals surface area contributed by atoms with Crippen molar-refractivity contribution in [2.75, 3.05) is 5.73 Å². The van der Waals surface area contributed by atoms with Crippen LogP contribution in [0.1, 0.15) is 5.69 Å². The molecule has 2 N–H and O–H groups in total. The molecule has 3 nitrogen and oxygen atoms in total. The fraction of sp³-hybridized carbons (Fsp3) is 0.286. The zero-order valence-electron chi connectivity index (χ0n) is 6.42. The molecule has 0 aliphatic heterocycles. The maximum atomic E-state index is 11.7. The highest BCUT2D eigenvalue weighted by molar-refractivity contribution is 5.48. The summed E-state index contributed by atoms with van der Waals surface area (Å²) in [5.41, 5.74) is 6.01. The standard InChI is InChI=1S/C7H8F2N2O/c1-4-2-3-5(10)6(11-4)12-7(8)9/h2-3,7H,10H2,1H3. The first kappa shape index (κ1) is 8.70. The number of aryl methyl sites for hydroxylation is 1. The molecular weight excluding hydrogens is 166 g/mol. The number of hydrogen-bond acceptors (Lipinski definition) is 3. The molecule has 1 aromatic rings. The van der Waals surface area contributed by atoms with Crippen molar-refractivity contribution in [2.45, 2.75) is 13.5 Å². The number of anilines is 1. The van der Waals surface area contributed by atoms with Crippen molar-refractivity contribution in [1.29, 1.82) is 0 Å². The first-order valence-electron chi connectivity index (χ1n) is 3.27. The highest BCUT2D eigenvalue weighted by Gasteiger charge is 2.08. The third-order valence-electron chi connectivity index (χ3n) is 1.23. The molecular formula is C7H8F2N2O. The molecule has 66 valence electrons. The van der Waals surface area contributed by atoms with Crippen molar-refractivity contribution in [2.24, 2.45) is 0 Å². The number of pyridine rings is 1. The summed E-state index contributed by atoms with van der Waals surface area (Å²) in [5.74, 6) is -0.218. The topological polar surface area (TPSA) is 48.1 Å². The van der Waals surface area contributed by atoms with Gasteiger partial charge in [0.25, 0.3) is 0 Å². The lowest BCUT2D eigenvalue weighted by atomic mass is 10.3. The highest BCUT2D eigenvalue weighted by atomic mass is 19.3. The van der Waals surface area contributed by atoms with Gasteiger partial charge in [0.2, 0.25) is 5.88 Å². The predicted molar refractivity (Wildman–Crippen MR) is 40.0 cm³/mol. The lowest BCUT2D eigenvalue weighted by molar-refractivity contribution is -0.0523. The number of nitrogens with two attached hydrogens (primary N) is 1. The Morgan fingerprint density at radius 3 is 2.75 bits per heavy atom. The third-order valence-corrected chi connectivity index (χ3v) is 1.23. The Morgan fingerprint density at radius 1 is 1.50 bits per heavy atom. The second-order valence-corrected chi connectivity index (χ2v) is 2.23. The SMILES string of the molecule is Cc1ccc(N)c(OC(F)F)n1. The van der Waals surface area contributed by atoms with Gasteiger partial charge in [-0.05, 0) is 19.1 Å². The predicted octanol–water partition coefficient (Wildman–Crippen LogP) is 1.57. The summed E-state index contributed by atoms with van der Waals surface area (Å²) < 4.78 is 27.5. The number of hydrogen-bond donors (Lipinski definition) is 1. The molecule has 1 rings (SSSR count). The summed E-state index contributed by atoms with van der Waals surface area (Å²) in [4.78, 5) is 3.69. The van der Waals surface area contributed by atoms with Crippen molar-refractivity contribution in [3.8, 4) is 5.88 Å². The smallest absolute Gasteiger partial charge is 0.388 e. The monoisotopic (exact) mass is 174 g/mol. The molecule has 0 radical (unpaired) electrons. The van der Waals surface area contributed by atoms with Crippen LogP contribution in [0, 0.1) is 6.92 Å². The van der Waals surface area contributed by atoms with Crippen LogP contribution in [0.3, 0.4) is 0 Å². The molecule has 1 aromatic heterocycles. The van der Waals surface area contributed by atoms with Crippen LogP contribution < -0.4 is 10.5 Å². The fourth-order valence-corrected chi connectivity index (χ4v) is 0.722. The van der Waals surface area contributed by atoms with Crippen molar-refractivity contribution < 1.29 is 13.5 Å². The summed E-state index contributed by atoms with van der Waals surface area (Å²) in [6.07, 6.45) is 0. The minimum absolute atomic E-state index is 0.112. The van der Waals surface area contributed by atoms with Gasteiger partial charge in [0.1, 0.15) is 0 Å². The molecule has 12 heavy (non-hydrogen) atoms. The number of ether oxygens (including phenoxy) is 1. The largest absolute Gasteiger partial charge is 0.415 e. The van der Waals surface area contributed by atoms with E-state index in [1.165, 1.54) is 6.07 Å². The first-order valence-corrected chi connectivity index (χ1v) is 3.27. The Morgan fingerprint density at radius 2 is 2.17 bits per heavy atom. The average molecular weight is 174 g/mol. The molecule has 5 heteroatoms. The number of halogens is 2. The molecule has 0 saturated heterocycles. The van der Waals surface area contributed by atoms with Crippen LogP contribution in [0.5, 0.6) is 5.88 Å². The summed E-state index contributed by atoms with van der Waals surface area (Å²) in [7, 11) is 0. The van der Waals surface area contributed by atoms with Crippen LogP contribution in [0.2, 0.25) is 0 Å². The zero-order chi connectivity index (χ0) is 9.14. The number of aromatic nitrogens is 1. The van der Waals surface area contributed by atoms with E-state index in [4.69, 9.17) is 5.73 Å². The minimum Gasteiger partial charge on any atom is -0.415 e. The van der Waals surface area contributed by atoms with E-state index in [2.05, 4.69) is 9.72 Å².